The summed E-state index contributed by atoms with van der Waals surface area (Å²) < 4.78 is 1.39. The third kappa shape index (κ3) is 3.07. The number of aromatic nitrogens is 2. The van der Waals surface area contributed by atoms with Gasteiger partial charge in [0.1, 0.15) is 11.3 Å². The molecule has 8 nitrogen and oxygen atoms in total. The molecule has 25 heavy (non-hydrogen) atoms. The molecule has 2 aromatic carbocycles. The zero-order valence-electron chi connectivity index (χ0n) is 12.7. The van der Waals surface area contributed by atoms with E-state index in [9.17, 15) is 20.0 Å². The molecule has 0 radical (unpaired) electrons. The fraction of sp³-hybridized carbons (Fsp3) is 0. The normalized spacial score (nSPS) is 10.2. The van der Waals surface area contributed by atoms with Crippen LogP contribution >= 0.6 is 0 Å². The summed E-state index contributed by atoms with van der Waals surface area (Å²) in [5.74, 6) is -1.16. The summed E-state index contributed by atoms with van der Waals surface area (Å²) in [6.45, 7) is 0. The summed E-state index contributed by atoms with van der Waals surface area (Å²) >= 11 is 0. The Balaban J connectivity index is 2.07. The van der Waals surface area contributed by atoms with Crippen molar-refractivity contribution in [1.29, 1.82) is 5.26 Å². The lowest BCUT2D eigenvalue weighted by Crippen LogP contribution is -1.96. The van der Waals surface area contributed by atoms with Crippen LogP contribution in [0, 0.1) is 21.4 Å². The first-order valence-electron chi connectivity index (χ1n) is 7.08. The van der Waals surface area contributed by atoms with Crippen LogP contribution in [0.1, 0.15) is 15.9 Å². The Bertz CT molecular complexity index is 999. The van der Waals surface area contributed by atoms with Gasteiger partial charge in [-0.25, -0.2) is 9.48 Å². The SMILES string of the molecule is N#Cc1ccc(-n2cc(C(=O)O)c(-c3ccc([N+](=O)[O-])cc3)n2)cc1. The van der Waals surface area contributed by atoms with Gasteiger partial charge in [0.25, 0.3) is 5.69 Å². The third-order valence-electron chi connectivity index (χ3n) is 3.56. The van der Waals surface area contributed by atoms with E-state index in [1.54, 1.807) is 24.3 Å². The van der Waals surface area contributed by atoms with Crippen molar-refractivity contribution in [2.45, 2.75) is 0 Å². The molecule has 0 saturated heterocycles. The van der Waals surface area contributed by atoms with Crippen LogP contribution in [0.5, 0.6) is 0 Å². The average molecular weight is 334 g/mol. The van der Waals surface area contributed by atoms with E-state index in [2.05, 4.69) is 5.10 Å². The summed E-state index contributed by atoms with van der Waals surface area (Å²) in [6.07, 6.45) is 1.36. The van der Waals surface area contributed by atoms with Crippen molar-refractivity contribution in [3.8, 4) is 23.0 Å². The summed E-state index contributed by atoms with van der Waals surface area (Å²) in [5, 5.41) is 33.3. The standard InChI is InChI=1S/C17H10N4O4/c18-9-11-1-5-13(6-2-11)20-10-15(17(22)23)16(19-20)12-3-7-14(8-4-12)21(24)25/h1-8,10H,(H,22,23). The number of benzene rings is 2. The minimum Gasteiger partial charge on any atom is -0.478 e. The number of hydrogen-bond donors (Lipinski definition) is 1. The molecule has 0 aliphatic carbocycles. The molecule has 8 heteroatoms. The van der Waals surface area contributed by atoms with Gasteiger partial charge in [0.05, 0.1) is 22.2 Å². The molecule has 0 unspecified atom stereocenters. The number of carbonyl (C=O) groups is 1. The van der Waals surface area contributed by atoms with Crippen molar-refractivity contribution >= 4 is 11.7 Å². The number of non-ortho nitro benzene ring substituents is 1. The second-order valence-electron chi connectivity index (χ2n) is 5.10. The predicted octanol–water partition coefficient (Wildman–Crippen LogP) is 3.02. The number of carboxylic acid groups (broad SMARTS) is 1. The molecule has 0 fully saturated rings. The molecular weight excluding hydrogens is 324 g/mol. The highest BCUT2D eigenvalue weighted by Gasteiger charge is 2.18. The minimum atomic E-state index is -1.16. The molecule has 0 aliphatic rings. The van der Waals surface area contributed by atoms with Gasteiger partial charge in [0, 0.05) is 23.9 Å². The second kappa shape index (κ2) is 6.25. The monoisotopic (exact) mass is 334 g/mol. The topological polar surface area (TPSA) is 122 Å². The van der Waals surface area contributed by atoms with Crippen molar-refractivity contribution < 1.29 is 14.8 Å². The van der Waals surface area contributed by atoms with E-state index in [0.29, 0.717) is 16.8 Å². The summed E-state index contributed by atoms with van der Waals surface area (Å²) in [4.78, 5) is 21.7. The number of carboxylic acids is 1. The van der Waals surface area contributed by atoms with Crippen LogP contribution in [0.3, 0.4) is 0 Å². The molecule has 1 heterocycles. The van der Waals surface area contributed by atoms with Crippen molar-refractivity contribution in [1.82, 2.24) is 9.78 Å². The van der Waals surface area contributed by atoms with Gasteiger partial charge < -0.3 is 5.11 Å². The molecule has 0 saturated carbocycles. The lowest BCUT2D eigenvalue weighted by molar-refractivity contribution is -0.384. The van der Waals surface area contributed by atoms with E-state index in [4.69, 9.17) is 5.26 Å². The highest BCUT2D eigenvalue weighted by Crippen LogP contribution is 2.26. The molecular formula is C17H10N4O4. The third-order valence-corrected chi connectivity index (χ3v) is 3.56. The molecule has 1 aromatic heterocycles. The van der Waals surface area contributed by atoms with E-state index in [1.807, 2.05) is 6.07 Å². The van der Waals surface area contributed by atoms with Gasteiger partial charge in [-0.1, -0.05) is 0 Å². The zero-order valence-corrected chi connectivity index (χ0v) is 12.7. The Morgan fingerprint density at radius 1 is 1.16 bits per heavy atom. The zero-order chi connectivity index (χ0) is 18.0. The molecule has 3 rings (SSSR count). The Morgan fingerprint density at radius 2 is 1.80 bits per heavy atom. The number of aromatic carboxylic acids is 1. The van der Waals surface area contributed by atoms with E-state index in [-0.39, 0.29) is 16.9 Å². The summed E-state index contributed by atoms with van der Waals surface area (Å²) in [5.41, 5.74) is 1.60. The van der Waals surface area contributed by atoms with E-state index in [1.165, 1.54) is 35.1 Å². The number of nitro benzene ring substituents is 1. The first-order chi connectivity index (χ1) is 12.0. The highest BCUT2D eigenvalue weighted by molar-refractivity contribution is 5.94. The average Bonchev–Trinajstić information content (AvgIpc) is 3.07. The van der Waals surface area contributed by atoms with Crippen LogP contribution in [0.2, 0.25) is 0 Å². The van der Waals surface area contributed by atoms with Crippen LogP contribution in [-0.4, -0.2) is 25.8 Å². The van der Waals surface area contributed by atoms with Crippen molar-refractivity contribution in [3.63, 3.8) is 0 Å². The summed E-state index contributed by atoms with van der Waals surface area (Å²) in [7, 11) is 0. The Morgan fingerprint density at radius 3 is 2.32 bits per heavy atom. The van der Waals surface area contributed by atoms with E-state index in [0.717, 1.165) is 0 Å². The smallest absolute Gasteiger partial charge is 0.339 e. The van der Waals surface area contributed by atoms with Gasteiger partial charge in [-0.05, 0) is 36.4 Å². The second-order valence-corrected chi connectivity index (χ2v) is 5.10. The molecule has 0 aliphatic heterocycles. The van der Waals surface area contributed by atoms with Crippen LogP contribution in [-0.2, 0) is 0 Å². The van der Waals surface area contributed by atoms with Gasteiger partial charge >= 0.3 is 5.97 Å². The maximum atomic E-state index is 11.5. The van der Waals surface area contributed by atoms with Crippen LogP contribution in [0.15, 0.2) is 54.7 Å². The number of nitrogens with zero attached hydrogens (tertiary/aromatic N) is 4. The molecule has 3 aromatic rings. The van der Waals surface area contributed by atoms with Crippen molar-refractivity contribution in [3.05, 3.63) is 76.0 Å². The van der Waals surface area contributed by atoms with Gasteiger partial charge in [0.15, 0.2) is 0 Å². The number of nitro groups is 1. The van der Waals surface area contributed by atoms with Gasteiger partial charge in [-0.15, -0.1) is 0 Å². The first kappa shape index (κ1) is 15.9. The van der Waals surface area contributed by atoms with Crippen molar-refractivity contribution in [2.24, 2.45) is 0 Å². The Labute approximate surface area is 141 Å². The van der Waals surface area contributed by atoms with Gasteiger partial charge in [-0.3, -0.25) is 10.1 Å². The fourth-order valence-electron chi connectivity index (χ4n) is 2.31. The molecule has 122 valence electrons. The number of rotatable bonds is 4. The Hall–Kier alpha value is -3.99. The minimum absolute atomic E-state index is 0.0294. The van der Waals surface area contributed by atoms with Crippen molar-refractivity contribution in [2.75, 3.05) is 0 Å². The van der Waals surface area contributed by atoms with Gasteiger partial charge in [-0.2, -0.15) is 10.4 Å². The molecule has 0 bridgehead atoms. The van der Waals surface area contributed by atoms with E-state index < -0.39 is 10.9 Å². The summed E-state index contributed by atoms with van der Waals surface area (Å²) in [6, 6.07) is 14.0. The lowest BCUT2D eigenvalue weighted by atomic mass is 10.1. The molecule has 0 spiro atoms. The first-order valence-corrected chi connectivity index (χ1v) is 7.08. The van der Waals surface area contributed by atoms with Crippen LogP contribution < -0.4 is 0 Å². The maximum Gasteiger partial charge on any atom is 0.339 e. The maximum absolute atomic E-state index is 11.5. The van der Waals surface area contributed by atoms with Gasteiger partial charge in [0.2, 0.25) is 0 Å². The van der Waals surface area contributed by atoms with Crippen LogP contribution in [0.4, 0.5) is 5.69 Å². The molecule has 1 N–H and O–H groups in total. The largest absolute Gasteiger partial charge is 0.478 e. The number of nitriles is 1. The number of hydrogen-bond acceptors (Lipinski definition) is 5. The quantitative estimate of drug-likeness (QED) is 0.578. The Kier molecular flexibility index (Phi) is 3.97. The lowest BCUT2D eigenvalue weighted by Gasteiger charge is -2.01. The highest BCUT2D eigenvalue weighted by atomic mass is 16.6. The predicted molar refractivity (Wildman–Crippen MR) is 87.3 cm³/mol. The molecule has 0 amide bonds. The van der Waals surface area contributed by atoms with Crippen LogP contribution in [0.25, 0.3) is 16.9 Å². The fourth-order valence-corrected chi connectivity index (χ4v) is 2.31. The van der Waals surface area contributed by atoms with E-state index >= 15 is 0 Å². The molecule has 0 atom stereocenters.